The van der Waals surface area contributed by atoms with Crippen LogP contribution in [0.1, 0.15) is 60.0 Å². The predicted molar refractivity (Wildman–Crippen MR) is 127 cm³/mol. The highest BCUT2D eigenvalue weighted by atomic mass is 32.1. The van der Waals surface area contributed by atoms with Gasteiger partial charge in [0.1, 0.15) is 5.00 Å². The molecule has 0 fully saturated rings. The number of hydrogen-bond donors (Lipinski definition) is 1. The number of aromatic nitrogens is 1. The summed E-state index contributed by atoms with van der Waals surface area (Å²) in [6, 6.07) is 14.8. The molecule has 5 rings (SSSR count). The van der Waals surface area contributed by atoms with E-state index in [0.29, 0.717) is 19.0 Å². The summed E-state index contributed by atoms with van der Waals surface area (Å²) in [4.78, 5) is 17.1. The molecule has 2 aromatic heterocycles. The molecule has 0 saturated heterocycles. The maximum atomic E-state index is 13.5. The molecule has 0 bridgehead atoms. The molecular weight excluding hydrogens is 402 g/mol. The number of thiophene rings is 1. The number of aryl methyl sites for hydroxylation is 1. The highest BCUT2D eigenvalue weighted by Gasteiger charge is 2.36. The second kappa shape index (κ2) is 8.54. The van der Waals surface area contributed by atoms with Crippen LogP contribution in [-0.4, -0.2) is 22.0 Å². The van der Waals surface area contributed by atoms with Gasteiger partial charge in [0.2, 0.25) is 0 Å². The molecule has 0 unspecified atom stereocenters. The van der Waals surface area contributed by atoms with E-state index in [1.807, 2.05) is 17.4 Å². The first-order valence-electron chi connectivity index (χ1n) is 11.5. The summed E-state index contributed by atoms with van der Waals surface area (Å²) in [6.45, 7) is 5.80. The lowest BCUT2D eigenvalue weighted by Gasteiger charge is -2.33. The average Bonchev–Trinajstić information content (AvgIpc) is 3.36. The standard InChI is InChI=1S/C26H31N3OS/c1-18(2)24-22-12-8-16-28(22)25-21(20-11-6-7-13-23(20)31-25)17-29(24)26(30)27-15-14-19-9-4-3-5-10-19/h3-5,8-10,12,16,18,24H,6-7,11,13-15,17H2,1-2H3,(H,27,30)/t24-/m0/s1. The number of amides is 2. The van der Waals surface area contributed by atoms with Crippen LogP contribution in [0.5, 0.6) is 0 Å². The molecule has 1 aliphatic heterocycles. The molecule has 1 atom stereocenters. The quantitative estimate of drug-likeness (QED) is 0.548. The molecule has 3 aromatic rings. The molecule has 0 spiro atoms. The number of hydrogen-bond acceptors (Lipinski definition) is 2. The molecule has 3 heterocycles. The van der Waals surface area contributed by atoms with Crippen molar-refractivity contribution in [3.63, 3.8) is 0 Å². The molecule has 5 heteroatoms. The third kappa shape index (κ3) is 3.80. The van der Waals surface area contributed by atoms with Gasteiger partial charge >= 0.3 is 6.03 Å². The van der Waals surface area contributed by atoms with E-state index >= 15 is 0 Å². The first kappa shape index (κ1) is 20.4. The van der Waals surface area contributed by atoms with Crippen molar-refractivity contribution in [1.29, 1.82) is 0 Å². The van der Waals surface area contributed by atoms with Gasteiger partial charge < -0.3 is 14.8 Å². The lowest BCUT2D eigenvalue weighted by Crippen LogP contribution is -2.43. The number of nitrogens with zero attached hydrogens (tertiary/aromatic N) is 2. The Morgan fingerprint density at radius 3 is 2.71 bits per heavy atom. The molecule has 2 aliphatic rings. The number of benzene rings is 1. The summed E-state index contributed by atoms with van der Waals surface area (Å²) >= 11 is 1.95. The van der Waals surface area contributed by atoms with Crippen molar-refractivity contribution >= 4 is 17.4 Å². The number of urea groups is 1. The van der Waals surface area contributed by atoms with Gasteiger partial charge in [-0.25, -0.2) is 4.79 Å². The van der Waals surface area contributed by atoms with E-state index in [9.17, 15) is 4.79 Å². The fraction of sp³-hybridized carbons (Fsp3) is 0.423. The summed E-state index contributed by atoms with van der Waals surface area (Å²) < 4.78 is 2.36. The minimum absolute atomic E-state index is 0.0472. The summed E-state index contributed by atoms with van der Waals surface area (Å²) in [5.41, 5.74) is 5.36. The van der Waals surface area contributed by atoms with Gasteiger partial charge in [0.25, 0.3) is 0 Å². The van der Waals surface area contributed by atoms with Crippen LogP contribution in [-0.2, 0) is 25.8 Å². The molecule has 1 aromatic carbocycles. The van der Waals surface area contributed by atoms with Crippen LogP contribution in [0.15, 0.2) is 48.7 Å². The molecule has 0 saturated carbocycles. The minimum atomic E-state index is 0.0472. The second-order valence-electron chi connectivity index (χ2n) is 9.08. The molecule has 2 amide bonds. The highest BCUT2D eigenvalue weighted by Crippen LogP contribution is 2.43. The molecule has 31 heavy (non-hydrogen) atoms. The molecule has 1 aliphatic carbocycles. The van der Waals surface area contributed by atoms with Crippen LogP contribution in [0, 0.1) is 5.92 Å². The summed E-state index contributed by atoms with van der Waals surface area (Å²) in [7, 11) is 0. The Balaban J connectivity index is 1.46. The summed E-state index contributed by atoms with van der Waals surface area (Å²) in [5, 5.41) is 4.55. The number of fused-ring (bicyclic) bond motifs is 5. The summed E-state index contributed by atoms with van der Waals surface area (Å²) in [5.74, 6) is 0.332. The van der Waals surface area contributed by atoms with E-state index in [1.54, 1.807) is 0 Å². The Kier molecular flexibility index (Phi) is 5.61. The van der Waals surface area contributed by atoms with E-state index in [4.69, 9.17) is 0 Å². The fourth-order valence-electron chi connectivity index (χ4n) is 5.18. The van der Waals surface area contributed by atoms with Crippen LogP contribution < -0.4 is 5.32 Å². The van der Waals surface area contributed by atoms with Gasteiger partial charge in [0.15, 0.2) is 0 Å². The van der Waals surface area contributed by atoms with Crippen molar-refractivity contribution in [2.75, 3.05) is 6.54 Å². The highest BCUT2D eigenvalue weighted by molar-refractivity contribution is 7.15. The maximum absolute atomic E-state index is 13.5. The SMILES string of the molecule is CC(C)[C@H]1c2cccn2-c2sc3c(c2CN1C(=O)NCCc1ccccc1)CCCC3. The van der Waals surface area contributed by atoms with Gasteiger partial charge in [-0.3, -0.25) is 0 Å². The normalized spacial score (nSPS) is 17.6. The third-order valence-corrected chi connectivity index (χ3v) is 7.98. The van der Waals surface area contributed by atoms with Gasteiger partial charge in [0.05, 0.1) is 12.6 Å². The molecule has 0 radical (unpaired) electrons. The lowest BCUT2D eigenvalue weighted by molar-refractivity contribution is 0.149. The van der Waals surface area contributed by atoms with E-state index < -0.39 is 0 Å². The van der Waals surface area contributed by atoms with Crippen molar-refractivity contribution in [2.24, 2.45) is 5.92 Å². The zero-order valence-corrected chi connectivity index (χ0v) is 19.3. The van der Waals surface area contributed by atoms with Crippen molar-refractivity contribution in [1.82, 2.24) is 14.8 Å². The van der Waals surface area contributed by atoms with Gasteiger partial charge in [-0.05, 0) is 61.3 Å². The van der Waals surface area contributed by atoms with Crippen LogP contribution >= 0.6 is 11.3 Å². The largest absolute Gasteiger partial charge is 0.338 e. The monoisotopic (exact) mass is 433 g/mol. The molecule has 162 valence electrons. The summed E-state index contributed by atoms with van der Waals surface area (Å²) in [6.07, 6.45) is 7.90. The van der Waals surface area contributed by atoms with E-state index in [1.165, 1.54) is 51.5 Å². The smallest absolute Gasteiger partial charge is 0.318 e. The van der Waals surface area contributed by atoms with Crippen molar-refractivity contribution < 1.29 is 4.79 Å². The van der Waals surface area contributed by atoms with Crippen molar-refractivity contribution in [2.45, 2.75) is 58.5 Å². The number of carbonyl (C=O) groups excluding carboxylic acids is 1. The Bertz CT molecular complexity index is 1070. The van der Waals surface area contributed by atoms with Crippen LogP contribution in [0.4, 0.5) is 4.79 Å². The molecule has 4 nitrogen and oxygen atoms in total. The van der Waals surface area contributed by atoms with E-state index in [0.717, 1.165) is 12.8 Å². The van der Waals surface area contributed by atoms with Crippen molar-refractivity contribution in [3.05, 3.63) is 75.9 Å². The maximum Gasteiger partial charge on any atom is 0.318 e. The first-order valence-corrected chi connectivity index (χ1v) is 12.3. The number of carbonyl (C=O) groups is 1. The van der Waals surface area contributed by atoms with Crippen molar-refractivity contribution in [3.8, 4) is 5.00 Å². The molecule has 1 N–H and O–H groups in total. The van der Waals surface area contributed by atoms with Gasteiger partial charge in [-0.1, -0.05) is 44.2 Å². The van der Waals surface area contributed by atoms with E-state index in [-0.39, 0.29) is 12.1 Å². The molecular formula is C26H31N3OS. The van der Waals surface area contributed by atoms with Gasteiger partial charge in [-0.2, -0.15) is 0 Å². The van der Waals surface area contributed by atoms with Crippen LogP contribution in [0.2, 0.25) is 0 Å². The lowest BCUT2D eigenvalue weighted by atomic mass is 9.94. The number of rotatable bonds is 4. The average molecular weight is 434 g/mol. The minimum Gasteiger partial charge on any atom is -0.338 e. The Morgan fingerprint density at radius 1 is 1.10 bits per heavy atom. The fourth-order valence-corrected chi connectivity index (χ4v) is 6.59. The zero-order chi connectivity index (χ0) is 21.4. The third-order valence-electron chi connectivity index (χ3n) is 6.65. The second-order valence-corrected chi connectivity index (χ2v) is 10.2. The number of nitrogens with one attached hydrogen (secondary N) is 1. The zero-order valence-electron chi connectivity index (χ0n) is 18.4. The first-order chi connectivity index (χ1) is 15.1. The Morgan fingerprint density at radius 2 is 1.90 bits per heavy atom. The Labute approximate surface area is 188 Å². The van der Waals surface area contributed by atoms with Crippen LogP contribution in [0.25, 0.3) is 5.00 Å². The predicted octanol–water partition coefficient (Wildman–Crippen LogP) is 5.88. The van der Waals surface area contributed by atoms with Crippen LogP contribution in [0.3, 0.4) is 0 Å². The topological polar surface area (TPSA) is 37.3 Å². The van der Waals surface area contributed by atoms with Gasteiger partial charge in [0, 0.05) is 28.9 Å². The Hall–Kier alpha value is -2.53. The van der Waals surface area contributed by atoms with E-state index in [2.05, 4.69) is 71.2 Å². The van der Waals surface area contributed by atoms with Gasteiger partial charge in [-0.15, -0.1) is 11.3 Å².